The number of alkyl halides is 1. The van der Waals surface area contributed by atoms with E-state index in [9.17, 15) is 9.59 Å². The summed E-state index contributed by atoms with van der Waals surface area (Å²) in [6, 6.07) is -0.696. The highest BCUT2D eigenvalue weighted by Crippen LogP contribution is 2.52. The lowest BCUT2D eigenvalue weighted by Gasteiger charge is -2.40. The predicted molar refractivity (Wildman–Crippen MR) is 56.4 cm³/mol. The minimum Gasteiger partial charge on any atom is -0.480 e. The van der Waals surface area contributed by atoms with Gasteiger partial charge in [0.15, 0.2) is 0 Å². The fourth-order valence-corrected chi connectivity index (χ4v) is 4.32. The van der Waals surface area contributed by atoms with E-state index in [4.69, 9.17) is 5.11 Å². The highest BCUT2D eigenvalue weighted by molar-refractivity contribution is 9.10. The Hall–Kier alpha value is -0.230. The van der Waals surface area contributed by atoms with Crippen LogP contribution in [0.5, 0.6) is 0 Å². The van der Waals surface area contributed by atoms with Crippen LogP contribution in [0.1, 0.15) is 13.8 Å². The van der Waals surface area contributed by atoms with Crippen LogP contribution in [0.4, 0.5) is 0 Å². The fourth-order valence-electron chi connectivity index (χ4n) is 1.97. The van der Waals surface area contributed by atoms with Gasteiger partial charge in [0.25, 0.3) is 0 Å². The molecule has 2 aliphatic heterocycles. The standard InChI is InChI=1S/C8H10BrNO3S/c1-8(2)4(7(12)13)10-5(11)3(9)6(10)14-8/h3-4,6H,1-2H3,(H,12,13)/t3-,4-,6+/m0/s1. The van der Waals surface area contributed by atoms with Gasteiger partial charge in [0.2, 0.25) is 5.91 Å². The van der Waals surface area contributed by atoms with Gasteiger partial charge in [-0.15, -0.1) is 11.8 Å². The Morgan fingerprint density at radius 1 is 1.64 bits per heavy atom. The highest BCUT2D eigenvalue weighted by atomic mass is 79.9. The van der Waals surface area contributed by atoms with E-state index in [0.29, 0.717) is 0 Å². The third kappa shape index (κ3) is 1.13. The quantitative estimate of drug-likeness (QED) is 0.572. The van der Waals surface area contributed by atoms with E-state index in [-0.39, 0.29) is 16.1 Å². The Labute approximate surface area is 94.1 Å². The van der Waals surface area contributed by atoms with E-state index in [2.05, 4.69) is 15.9 Å². The summed E-state index contributed by atoms with van der Waals surface area (Å²) in [6.45, 7) is 3.73. The van der Waals surface area contributed by atoms with Crippen LogP contribution < -0.4 is 0 Å². The zero-order valence-corrected chi connectivity index (χ0v) is 10.1. The number of rotatable bonds is 1. The Morgan fingerprint density at radius 3 is 2.71 bits per heavy atom. The largest absolute Gasteiger partial charge is 0.480 e. The van der Waals surface area contributed by atoms with E-state index in [1.165, 1.54) is 4.90 Å². The van der Waals surface area contributed by atoms with E-state index >= 15 is 0 Å². The minimum atomic E-state index is -0.919. The van der Waals surface area contributed by atoms with Crippen molar-refractivity contribution in [1.29, 1.82) is 0 Å². The average molecular weight is 280 g/mol. The lowest BCUT2D eigenvalue weighted by atomic mass is 9.98. The maximum atomic E-state index is 11.4. The van der Waals surface area contributed by atoms with Crippen LogP contribution in [0.25, 0.3) is 0 Å². The van der Waals surface area contributed by atoms with Crippen LogP contribution in [0.2, 0.25) is 0 Å². The third-order valence-electron chi connectivity index (χ3n) is 2.61. The van der Waals surface area contributed by atoms with Crippen molar-refractivity contribution in [3.05, 3.63) is 0 Å². The van der Waals surface area contributed by atoms with E-state index in [0.717, 1.165) is 0 Å². The normalized spacial score (nSPS) is 39.2. The van der Waals surface area contributed by atoms with Crippen LogP contribution in [0.15, 0.2) is 0 Å². The van der Waals surface area contributed by atoms with Gasteiger partial charge in [0.05, 0.1) is 0 Å². The van der Waals surface area contributed by atoms with Gasteiger partial charge in [0.1, 0.15) is 16.2 Å². The van der Waals surface area contributed by atoms with Crippen molar-refractivity contribution in [3.63, 3.8) is 0 Å². The number of β-lactam (4-membered cyclic amide) rings is 1. The van der Waals surface area contributed by atoms with Crippen LogP contribution >= 0.6 is 27.7 Å². The first kappa shape index (κ1) is 10.3. The molecule has 1 N–H and O–H groups in total. The molecule has 0 radical (unpaired) electrons. The van der Waals surface area contributed by atoms with E-state index in [1.807, 2.05) is 13.8 Å². The fraction of sp³-hybridized carbons (Fsp3) is 0.750. The Balaban J connectivity index is 2.32. The Kier molecular flexibility index (Phi) is 2.12. The third-order valence-corrected chi connectivity index (χ3v) is 5.42. The first-order valence-electron chi connectivity index (χ1n) is 4.23. The van der Waals surface area contributed by atoms with Gasteiger partial charge in [-0.2, -0.15) is 0 Å². The number of amides is 1. The van der Waals surface area contributed by atoms with Gasteiger partial charge in [-0.3, -0.25) is 4.79 Å². The molecule has 0 bridgehead atoms. The molecule has 0 aromatic heterocycles. The SMILES string of the molecule is CC1(C)S[C@@H]2[C@@H](Br)C(=O)N2[C@H]1C(=O)O. The van der Waals surface area contributed by atoms with Gasteiger partial charge < -0.3 is 10.0 Å². The molecule has 0 aliphatic carbocycles. The number of carbonyl (C=O) groups excluding carboxylic acids is 1. The summed E-state index contributed by atoms with van der Waals surface area (Å²) in [5, 5.41) is 9.04. The summed E-state index contributed by atoms with van der Waals surface area (Å²) >= 11 is 4.80. The Morgan fingerprint density at radius 2 is 2.21 bits per heavy atom. The number of hydrogen-bond donors (Lipinski definition) is 1. The van der Waals surface area contributed by atoms with Crippen molar-refractivity contribution < 1.29 is 14.7 Å². The second-order valence-electron chi connectivity index (χ2n) is 4.00. The number of carboxylic acids is 1. The first-order valence-corrected chi connectivity index (χ1v) is 6.02. The van der Waals surface area contributed by atoms with Gasteiger partial charge in [-0.05, 0) is 13.8 Å². The molecule has 1 amide bonds. The molecule has 78 valence electrons. The van der Waals surface area contributed by atoms with E-state index in [1.54, 1.807) is 11.8 Å². The molecule has 0 aromatic rings. The summed E-state index contributed by atoms with van der Waals surface area (Å²) in [5.74, 6) is -1.03. The summed E-state index contributed by atoms with van der Waals surface area (Å²) in [6.07, 6.45) is 0. The molecule has 0 spiro atoms. The molecule has 2 rings (SSSR count). The lowest BCUT2D eigenvalue weighted by molar-refractivity contribution is -0.156. The monoisotopic (exact) mass is 279 g/mol. The molecule has 14 heavy (non-hydrogen) atoms. The van der Waals surface area contributed by atoms with Crippen LogP contribution in [0, 0.1) is 0 Å². The van der Waals surface area contributed by atoms with Crippen molar-refractivity contribution in [2.45, 2.75) is 34.8 Å². The topological polar surface area (TPSA) is 57.6 Å². The Bertz CT molecular complexity index is 320. The van der Waals surface area contributed by atoms with Crippen LogP contribution in [-0.4, -0.2) is 42.9 Å². The van der Waals surface area contributed by atoms with Crippen molar-refractivity contribution in [3.8, 4) is 0 Å². The predicted octanol–water partition coefficient (Wildman–Crippen LogP) is 0.897. The number of nitrogens with zero attached hydrogens (tertiary/aromatic N) is 1. The number of fused-ring (bicyclic) bond motifs is 1. The number of carbonyl (C=O) groups is 2. The van der Waals surface area contributed by atoms with Crippen molar-refractivity contribution in [1.82, 2.24) is 4.90 Å². The average Bonchev–Trinajstić information content (AvgIpc) is 2.34. The molecule has 2 fully saturated rings. The van der Waals surface area contributed by atoms with Gasteiger partial charge in [-0.25, -0.2) is 4.79 Å². The molecule has 2 heterocycles. The second-order valence-corrected chi connectivity index (χ2v) is 6.76. The van der Waals surface area contributed by atoms with Crippen LogP contribution in [-0.2, 0) is 9.59 Å². The molecule has 0 saturated carbocycles. The van der Waals surface area contributed by atoms with Gasteiger partial charge in [-0.1, -0.05) is 15.9 Å². The van der Waals surface area contributed by atoms with Crippen LogP contribution in [0.3, 0.4) is 0 Å². The molecule has 2 saturated heterocycles. The summed E-state index contributed by atoms with van der Waals surface area (Å²) in [5.41, 5.74) is 0. The summed E-state index contributed by atoms with van der Waals surface area (Å²) in [4.78, 5) is 23.7. The zero-order valence-electron chi connectivity index (χ0n) is 7.73. The first-order chi connectivity index (χ1) is 6.36. The highest BCUT2D eigenvalue weighted by Gasteiger charge is 2.62. The molecule has 0 aromatic carbocycles. The maximum absolute atomic E-state index is 11.4. The second kappa shape index (κ2) is 2.88. The molecule has 6 heteroatoms. The van der Waals surface area contributed by atoms with Crippen molar-refractivity contribution in [2.75, 3.05) is 0 Å². The van der Waals surface area contributed by atoms with Gasteiger partial charge in [0, 0.05) is 4.75 Å². The number of aliphatic carboxylic acids is 1. The number of thioether (sulfide) groups is 1. The minimum absolute atomic E-state index is 0.0152. The maximum Gasteiger partial charge on any atom is 0.327 e. The molecular formula is C8H10BrNO3S. The molecule has 4 nitrogen and oxygen atoms in total. The smallest absolute Gasteiger partial charge is 0.327 e. The van der Waals surface area contributed by atoms with Crippen molar-refractivity contribution in [2.24, 2.45) is 0 Å². The van der Waals surface area contributed by atoms with Gasteiger partial charge >= 0.3 is 5.97 Å². The molecular weight excluding hydrogens is 270 g/mol. The van der Waals surface area contributed by atoms with Crippen molar-refractivity contribution >= 4 is 39.6 Å². The summed E-state index contributed by atoms with van der Waals surface area (Å²) < 4.78 is -0.408. The number of hydrogen-bond acceptors (Lipinski definition) is 3. The zero-order chi connectivity index (χ0) is 10.7. The summed E-state index contributed by atoms with van der Waals surface area (Å²) in [7, 11) is 0. The molecule has 2 aliphatic rings. The lowest BCUT2D eigenvalue weighted by Crippen LogP contribution is -2.63. The number of carboxylic acid groups (broad SMARTS) is 1. The molecule has 3 atom stereocenters. The molecule has 0 unspecified atom stereocenters. The van der Waals surface area contributed by atoms with E-state index < -0.39 is 16.8 Å². The number of halogens is 1.